The summed E-state index contributed by atoms with van der Waals surface area (Å²) in [6.45, 7) is 0.950. The number of rotatable bonds is 3. The number of hydrogen-bond acceptors (Lipinski definition) is 5. The largest absolute Gasteiger partial charge is 0.493 e. The van der Waals surface area contributed by atoms with Crippen LogP contribution in [0.15, 0.2) is 6.20 Å². The van der Waals surface area contributed by atoms with Gasteiger partial charge in [0.15, 0.2) is 11.4 Å². The van der Waals surface area contributed by atoms with Crippen LogP contribution < -0.4 is 15.8 Å². The fraction of sp³-hybridized carbons (Fsp3) is 0.500. The molecule has 0 aliphatic carbocycles. The van der Waals surface area contributed by atoms with Gasteiger partial charge < -0.3 is 15.8 Å². The molecule has 16 heavy (non-hydrogen) atoms. The second-order valence-corrected chi connectivity index (χ2v) is 3.66. The molecule has 1 aromatic rings. The summed E-state index contributed by atoms with van der Waals surface area (Å²) in [6, 6.07) is 0.115. The molecule has 3 N–H and O–H groups in total. The molecule has 0 radical (unpaired) electrons. The summed E-state index contributed by atoms with van der Waals surface area (Å²) in [6.07, 6.45) is 3.55. The van der Waals surface area contributed by atoms with Gasteiger partial charge in [0.05, 0.1) is 19.3 Å². The SMILES string of the molecule is COc1cnc(C2CCCN2)nc1C(N)=O. The third-order valence-corrected chi connectivity index (χ3v) is 2.60. The molecule has 6 nitrogen and oxygen atoms in total. The highest BCUT2D eigenvalue weighted by Crippen LogP contribution is 2.22. The number of carbonyl (C=O) groups is 1. The first-order valence-electron chi connectivity index (χ1n) is 5.16. The molecule has 1 aromatic heterocycles. The zero-order valence-corrected chi connectivity index (χ0v) is 9.06. The Labute approximate surface area is 93.2 Å². The van der Waals surface area contributed by atoms with Crippen LogP contribution in [0.1, 0.15) is 35.2 Å². The molecule has 0 bridgehead atoms. The Bertz CT molecular complexity index is 402. The minimum atomic E-state index is -0.599. The first-order valence-corrected chi connectivity index (χ1v) is 5.16. The molecule has 2 heterocycles. The van der Waals surface area contributed by atoms with Crippen LogP contribution >= 0.6 is 0 Å². The van der Waals surface area contributed by atoms with Gasteiger partial charge in [0.1, 0.15) is 5.82 Å². The second kappa shape index (κ2) is 4.44. The summed E-state index contributed by atoms with van der Waals surface area (Å²) in [7, 11) is 1.46. The van der Waals surface area contributed by atoms with Gasteiger partial charge in [0.25, 0.3) is 5.91 Å². The molecule has 6 heteroatoms. The van der Waals surface area contributed by atoms with Gasteiger partial charge in [-0.25, -0.2) is 9.97 Å². The lowest BCUT2D eigenvalue weighted by Crippen LogP contribution is -2.20. The molecule has 1 fully saturated rings. The predicted molar refractivity (Wildman–Crippen MR) is 57.1 cm³/mol. The Kier molecular flexibility index (Phi) is 3.00. The Balaban J connectivity index is 2.34. The number of nitrogens with one attached hydrogen (secondary N) is 1. The van der Waals surface area contributed by atoms with Crippen LogP contribution in [0.25, 0.3) is 0 Å². The fourth-order valence-electron chi connectivity index (χ4n) is 1.78. The number of methoxy groups -OCH3 is 1. The Morgan fingerprint density at radius 3 is 3.06 bits per heavy atom. The summed E-state index contributed by atoms with van der Waals surface area (Å²) >= 11 is 0. The van der Waals surface area contributed by atoms with Crippen molar-refractivity contribution in [3.05, 3.63) is 17.7 Å². The third kappa shape index (κ3) is 1.96. The molecule has 0 aromatic carbocycles. The van der Waals surface area contributed by atoms with Crippen molar-refractivity contribution < 1.29 is 9.53 Å². The van der Waals surface area contributed by atoms with Crippen LogP contribution in [0.3, 0.4) is 0 Å². The standard InChI is InChI=1S/C10H14N4O2/c1-16-7-5-13-10(6-3-2-4-12-6)14-8(7)9(11)15/h5-6,12H,2-4H2,1H3,(H2,11,15). The topological polar surface area (TPSA) is 90.1 Å². The van der Waals surface area contributed by atoms with E-state index in [1.54, 1.807) is 0 Å². The quantitative estimate of drug-likeness (QED) is 0.751. The lowest BCUT2D eigenvalue weighted by molar-refractivity contribution is 0.0991. The first kappa shape index (κ1) is 10.8. The van der Waals surface area contributed by atoms with Gasteiger partial charge in [-0.1, -0.05) is 0 Å². The van der Waals surface area contributed by atoms with E-state index >= 15 is 0 Å². The number of amides is 1. The summed E-state index contributed by atoms with van der Waals surface area (Å²) in [5.74, 6) is 0.319. The van der Waals surface area contributed by atoms with Gasteiger partial charge in [0.2, 0.25) is 0 Å². The van der Waals surface area contributed by atoms with E-state index in [0.29, 0.717) is 11.6 Å². The molecule has 1 unspecified atom stereocenters. The lowest BCUT2D eigenvalue weighted by atomic mass is 10.2. The van der Waals surface area contributed by atoms with Crippen LogP contribution in [0.4, 0.5) is 0 Å². The maximum absolute atomic E-state index is 11.2. The van der Waals surface area contributed by atoms with Crippen molar-refractivity contribution in [2.24, 2.45) is 5.73 Å². The van der Waals surface area contributed by atoms with Gasteiger partial charge in [-0.15, -0.1) is 0 Å². The normalized spacial score (nSPS) is 19.7. The number of ether oxygens (including phenoxy) is 1. The van der Waals surface area contributed by atoms with E-state index in [2.05, 4.69) is 15.3 Å². The highest BCUT2D eigenvalue weighted by Gasteiger charge is 2.21. The number of nitrogens with two attached hydrogens (primary N) is 1. The predicted octanol–water partition coefficient (Wildman–Crippen LogP) is 0.00860. The molecule has 0 saturated carbocycles. The maximum Gasteiger partial charge on any atom is 0.271 e. The highest BCUT2D eigenvalue weighted by atomic mass is 16.5. The van der Waals surface area contributed by atoms with E-state index in [0.717, 1.165) is 19.4 Å². The summed E-state index contributed by atoms with van der Waals surface area (Å²) in [5.41, 5.74) is 5.37. The van der Waals surface area contributed by atoms with Crippen molar-refractivity contribution >= 4 is 5.91 Å². The molecule has 86 valence electrons. The van der Waals surface area contributed by atoms with E-state index < -0.39 is 5.91 Å². The zero-order chi connectivity index (χ0) is 11.5. The van der Waals surface area contributed by atoms with E-state index in [9.17, 15) is 4.79 Å². The molecule has 0 spiro atoms. The van der Waals surface area contributed by atoms with Gasteiger partial charge >= 0.3 is 0 Å². The number of nitrogens with zero attached hydrogens (tertiary/aromatic N) is 2. The average molecular weight is 222 g/mol. The number of carbonyl (C=O) groups excluding carboxylic acids is 1. The van der Waals surface area contributed by atoms with Crippen molar-refractivity contribution in [3.8, 4) is 5.75 Å². The number of aromatic nitrogens is 2. The summed E-state index contributed by atoms with van der Waals surface area (Å²) < 4.78 is 4.98. The molecule has 2 rings (SSSR count). The third-order valence-electron chi connectivity index (χ3n) is 2.60. The molecule has 1 aliphatic heterocycles. The van der Waals surface area contributed by atoms with Crippen molar-refractivity contribution in [2.45, 2.75) is 18.9 Å². The van der Waals surface area contributed by atoms with Gasteiger partial charge in [0, 0.05) is 0 Å². The van der Waals surface area contributed by atoms with Crippen molar-refractivity contribution in [2.75, 3.05) is 13.7 Å². The van der Waals surface area contributed by atoms with Crippen LogP contribution in [0.2, 0.25) is 0 Å². The second-order valence-electron chi connectivity index (χ2n) is 3.66. The van der Waals surface area contributed by atoms with Crippen LogP contribution in [0, 0.1) is 0 Å². The number of primary amides is 1. The Morgan fingerprint density at radius 1 is 1.69 bits per heavy atom. The van der Waals surface area contributed by atoms with E-state index in [1.165, 1.54) is 13.3 Å². The maximum atomic E-state index is 11.2. The van der Waals surface area contributed by atoms with Gasteiger partial charge in [-0.2, -0.15) is 0 Å². The lowest BCUT2D eigenvalue weighted by Gasteiger charge is -2.10. The minimum absolute atomic E-state index is 0.115. The van der Waals surface area contributed by atoms with Crippen molar-refractivity contribution in [1.82, 2.24) is 15.3 Å². The average Bonchev–Trinajstić information content (AvgIpc) is 2.81. The van der Waals surface area contributed by atoms with Gasteiger partial charge in [-0.05, 0) is 19.4 Å². The van der Waals surface area contributed by atoms with Crippen molar-refractivity contribution in [3.63, 3.8) is 0 Å². The molecule has 1 saturated heterocycles. The summed E-state index contributed by atoms with van der Waals surface area (Å²) in [5, 5.41) is 3.26. The summed E-state index contributed by atoms with van der Waals surface area (Å²) in [4.78, 5) is 19.5. The monoisotopic (exact) mass is 222 g/mol. The molecule has 1 aliphatic rings. The van der Waals surface area contributed by atoms with E-state index in [1.807, 2.05) is 0 Å². The number of hydrogen-bond donors (Lipinski definition) is 2. The molecule has 1 amide bonds. The highest BCUT2D eigenvalue weighted by molar-refractivity contribution is 5.93. The molecular weight excluding hydrogens is 208 g/mol. The van der Waals surface area contributed by atoms with E-state index in [-0.39, 0.29) is 11.7 Å². The van der Waals surface area contributed by atoms with Crippen LogP contribution in [-0.2, 0) is 0 Å². The van der Waals surface area contributed by atoms with Crippen molar-refractivity contribution in [1.29, 1.82) is 0 Å². The first-order chi connectivity index (χ1) is 7.72. The zero-order valence-electron chi connectivity index (χ0n) is 9.06. The van der Waals surface area contributed by atoms with Crippen LogP contribution in [0.5, 0.6) is 5.75 Å². The Morgan fingerprint density at radius 2 is 2.50 bits per heavy atom. The smallest absolute Gasteiger partial charge is 0.271 e. The Hall–Kier alpha value is -1.69. The molecule has 1 atom stereocenters. The van der Waals surface area contributed by atoms with Crippen LogP contribution in [-0.4, -0.2) is 29.5 Å². The van der Waals surface area contributed by atoms with E-state index in [4.69, 9.17) is 10.5 Å². The molecular formula is C10H14N4O2. The fourth-order valence-corrected chi connectivity index (χ4v) is 1.78. The van der Waals surface area contributed by atoms with Gasteiger partial charge in [-0.3, -0.25) is 4.79 Å². The minimum Gasteiger partial charge on any atom is -0.493 e.